The standard InChI is InChI=1S/C15H17BrClNO2/c1-10(2)9-20-14(19)7-6-11(8-18)12-4-3-5-13(16)15(12)17/h3-5,10-11H,6-7,9H2,1-2H3. The van der Waals surface area contributed by atoms with Gasteiger partial charge in [-0.1, -0.05) is 37.6 Å². The van der Waals surface area contributed by atoms with Gasteiger partial charge in [-0.25, -0.2) is 0 Å². The lowest BCUT2D eigenvalue weighted by atomic mass is 9.95. The van der Waals surface area contributed by atoms with Gasteiger partial charge in [-0.3, -0.25) is 4.79 Å². The molecule has 0 aliphatic carbocycles. The second-order valence-corrected chi connectivity index (χ2v) is 6.17. The number of benzene rings is 1. The van der Waals surface area contributed by atoms with Gasteiger partial charge in [0, 0.05) is 10.9 Å². The van der Waals surface area contributed by atoms with Crippen LogP contribution in [0.5, 0.6) is 0 Å². The molecule has 0 saturated heterocycles. The van der Waals surface area contributed by atoms with Crippen molar-refractivity contribution in [3.05, 3.63) is 33.3 Å². The lowest BCUT2D eigenvalue weighted by Gasteiger charge is -2.12. The highest BCUT2D eigenvalue weighted by molar-refractivity contribution is 9.10. The smallest absolute Gasteiger partial charge is 0.305 e. The van der Waals surface area contributed by atoms with Gasteiger partial charge in [-0.15, -0.1) is 0 Å². The summed E-state index contributed by atoms with van der Waals surface area (Å²) in [5, 5.41) is 9.77. The number of hydrogen-bond acceptors (Lipinski definition) is 3. The molecule has 0 spiro atoms. The van der Waals surface area contributed by atoms with E-state index in [4.69, 9.17) is 16.3 Å². The van der Waals surface area contributed by atoms with Gasteiger partial charge in [0.05, 0.1) is 23.6 Å². The molecule has 0 radical (unpaired) electrons. The third-order valence-corrected chi connectivity index (χ3v) is 4.04. The number of rotatable bonds is 6. The van der Waals surface area contributed by atoms with Crippen LogP contribution in [0.2, 0.25) is 5.02 Å². The molecular formula is C15H17BrClNO2. The molecule has 0 amide bonds. The van der Waals surface area contributed by atoms with Crippen molar-refractivity contribution in [2.24, 2.45) is 5.92 Å². The monoisotopic (exact) mass is 357 g/mol. The predicted octanol–water partition coefficient (Wildman–Crippen LogP) is 4.69. The predicted molar refractivity (Wildman–Crippen MR) is 82.5 cm³/mol. The largest absolute Gasteiger partial charge is 0.465 e. The van der Waals surface area contributed by atoms with Gasteiger partial charge in [0.15, 0.2) is 0 Å². The molecule has 1 unspecified atom stereocenters. The fraction of sp³-hybridized carbons (Fsp3) is 0.467. The quantitative estimate of drug-likeness (QED) is 0.693. The van der Waals surface area contributed by atoms with Crippen LogP contribution in [0.15, 0.2) is 22.7 Å². The Hall–Kier alpha value is -1.05. The lowest BCUT2D eigenvalue weighted by molar-refractivity contribution is -0.144. The SMILES string of the molecule is CC(C)COC(=O)CCC(C#N)c1cccc(Br)c1Cl. The number of nitrogens with zero attached hydrogens (tertiary/aromatic N) is 1. The number of nitriles is 1. The first-order chi connectivity index (χ1) is 9.45. The minimum Gasteiger partial charge on any atom is -0.465 e. The first-order valence-corrected chi connectivity index (χ1v) is 7.62. The second-order valence-electron chi connectivity index (χ2n) is 4.94. The zero-order valence-electron chi connectivity index (χ0n) is 11.5. The number of carbonyl (C=O) groups is 1. The first-order valence-electron chi connectivity index (χ1n) is 6.44. The Kier molecular flexibility index (Phi) is 7.04. The average Bonchev–Trinajstić information content (AvgIpc) is 2.41. The Morgan fingerprint density at radius 2 is 2.20 bits per heavy atom. The summed E-state index contributed by atoms with van der Waals surface area (Å²) in [6.45, 7) is 4.37. The van der Waals surface area contributed by atoms with Crippen LogP contribution in [-0.2, 0) is 9.53 Å². The summed E-state index contributed by atoms with van der Waals surface area (Å²) in [7, 11) is 0. The van der Waals surface area contributed by atoms with Crippen molar-refractivity contribution >= 4 is 33.5 Å². The highest BCUT2D eigenvalue weighted by Gasteiger charge is 2.17. The first kappa shape index (κ1) is 17.0. The Balaban J connectivity index is 2.63. The van der Waals surface area contributed by atoms with Crippen LogP contribution >= 0.6 is 27.5 Å². The van der Waals surface area contributed by atoms with E-state index < -0.39 is 5.92 Å². The maximum atomic E-state index is 11.6. The van der Waals surface area contributed by atoms with Crippen molar-refractivity contribution in [1.82, 2.24) is 0 Å². The third kappa shape index (κ3) is 5.15. The Bertz CT molecular complexity index is 511. The van der Waals surface area contributed by atoms with Gasteiger partial charge in [0.1, 0.15) is 0 Å². The molecule has 3 nitrogen and oxygen atoms in total. The second kappa shape index (κ2) is 8.28. The van der Waals surface area contributed by atoms with E-state index in [0.717, 1.165) is 10.0 Å². The molecule has 0 N–H and O–H groups in total. The summed E-state index contributed by atoms with van der Waals surface area (Å²) >= 11 is 9.50. The molecule has 0 fully saturated rings. The van der Waals surface area contributed by atoms with Crippen LogP contribution in [0.1, 0.15) is 38.2 Å². The molecule has 20 heavy (non-hydrogen) atoms. The Morgan fingerprint density at radius 3 is 2.80 bits per heavy atom. The topological polar surface area (TPSA) is 50.1 Å². The van der Waals surface area contributed by atoms with Gasteiger partial charge in [0.2, 0.25) is 0 Å². The van der Waals surface area contributed by atoms with Crippen molar-refractivity contribution in [2.45, 2.75) is 32.6 Å². The molecule has 0 aromatic heterocycles. The van der Waals surface area contributed by atoms with Crippen molar-refractivity contribution in [1.29, 1.82) is 5.26 Å². The highest BCUT2D eigenvalue weighted by Crippen LogP contribution is 2.33. The fourth-order valence-corrected chi connectivity index (χ4v) is 2.31. The molecule has 5 heteroatoms. The fourth-order valence-electron chi connectivity index (χ4n) is 1.67. The molecule has 1 aromatic rings. The van der Waals surface area contributed by atoms with Crippen molar-refractivity contribution in [2.75, 3.05) is 6.61 Å². The van der Waals surface area contributed by atoms with E-state index in [1.807, 2.05) is 26.0 Å². The highest BCUT2D eigenvalue weighted by atomic mass is 79.9. The van der Waals surface area contributed by atoms with Gasteiger partial charge in [0.25, 0.3) is 0 Å². The third-order valence-electron chi connectivity index (χ3n) is 2.73. The van der Waals surface area contributed by atoms with Crippen LogP contribution in [-0.4, -0.2) is 12.6 Å². The van der Waals surface area contributed by atoms with Crippen molar-refractivity contribution in [3.63, 3.8) is 0 Å². The molecular weight excluding hydrogens is 342 g/mol. The molecule has 0 bridgehead atoms. The van der Waals surface area contributed by atoms with Gasteiger partial charge in [-0.2, -0.15) is 5.26 Å². The molecule has 0 aliphatic rings. The van der Waals surface area contributed by atoms with Gasteiger partial charge in [-0.05, 0) is 39.9 Å². The van der Waals surface area contributed by atoms with Crippen LogP contribution in [0, 0.1) is 17.2 Å². The average molecular weight is 359 g/mol. The van der Waals surface area contributed by atoms with Crippen LogP contribution < -0.4 is 0 Å². The van der Waals surface area contributed by atoms with E-state index in [0.29, 0.717) is 24.0 Å². The molecule has 0 saturated carbocycles. The molecule has 0 heterocycles. The number of esters is 1. The van der Waals surface area contributed by atoms with E-state index in [1.54, 1.807) is 6.07 Å². The molecule has 1 aromatic carbocycles. The van der Waals surface area contributed by atoms with Crippen LogP contribution in [0.4, 0.5) is 0 Å². The minimum atomic E-state index is -0.411. The van der Waals surface area contributed by atoms with Crippen molar-refractivity contribution < 1.29 is 9.53 Å². The number of hydrogen-bond donors (Lipinski definition) is 0. The summed E-state index contributed by atoms with van der Waals surface area (Å²) in [6, 6.07) is 7.64. The van der Waals surface area contributed by atoms with E-state index in [2.05, 4.69) is 22.0 Å². The molecule has 108 valence electrons. The maximum Gasteiger partial charge on any atom is 0.305 e. The van der Waals surface area contributed by atoms with E-state index >= 15 is 0 Å². The summed E-state index contributed by atoms with van der Waals surface area (Å²) in [5.74, 6) is -0.373. The van der Waals surface area contributed by atoms with E-state index in [-0.39, 0.29) is 12.4 Å². The summed E-state index contributed by atoms with van der Waals surface area (Å²) in [6.07, 6.45) is 0.622. The van der Waals surface area contributed by atoms with Crippen molar-refractivity contribution in [3.8, 4) is 6.07 Å². The normalized spacial score (nSPS) is 12.0. The number of ether oxygens (including phenoxy) is 1. The van der Waals surface area contributed by atoms with Crippen LogP contribution in [0.3, 0.4) is 0 Å². The van der Waals surface area contributed by atoms with Crippen LogP contribution in [0.25, 0.3) is 0 Å². The summed E-state index contributed by atoms with van der Waals surface area (Å²) in [5.41, 5.74) is 0.736. The van der Waals surface area contributed by atoms with E-state index in [9.17, 15) is 10.1 Å². The summed E-state index contributed by atoms with van der Waals surface area (Å²) < 4.78 is 5.85. The zero-order chi connectivity index (χ0) is 15.1. The molecule has 0 aliphatic heterocycles. The Labute approximate surface area is 133 Å². The Morgan fingerprint density at radius 1 is 1.50 bits per heavy atom. The minimum absolute atomic E-state index is 0.216. The zero-order valence-corrected chi connectivity index (χ0v) is 13.9. The summed E-state index contributed by atoms with van der Waals surface area (Å²) in [4.78, 5) is 11.6. The molecule has 1 rings (SSSR count). The van der Waals surface area contributed by atoms with Gasteiger partial charge < -0.3 is 4.74 Å². The molecule has 1 atom stereocenters. The maximum absolute atomic E-state index is 11.6. The number of carbonyl (C=O) groups excluding carboxylic acids is 1. The van der Waals surface area contributed by atoms with Gasteiger partial charge >= 0.3 is 5.97 Å². The van der Waals surface area contributed by atoms with E-state index in [1.165, 1.54) is 0 Å². The number of halogens is 2. The lowest BCUT2D eigenvalue weighted by Crippen LogP contribution is -2.11.